The van der Waals surface area contributed by atoms with Gasteiger partial charge in [0.1, 0.15) is 19.0 Å². The number of hydrogen-bond acceptors (Lipinski definition) is 7. The average molecular weight is 530 g/mol. The van der Waals surface area contributed by atoms with Crippen LogP contribution in [-0.2, 0) is 16.1 Å². The van der Waals surface area contributed by atoms with Gasteiger partial charge in [0.25, 0.3) is 11.7 Å². The zero-order chi connectivity index (χ0) is 27.4. The molecule has 3 aromatic rings. The Balaban J connectivity index is 1.61. The molecule has 1 amide bonds. The summed E-state index contributed by atoms with van der Waals surface area (Å²) in [6.07, 6.45) is 1.89. The van der Waals surface area contributed by atoms with Gasteiger partial charge in [-0.1, -0.05) is 49.7 Å². The highest BCUT2D eigenvalue weighted by Crippen LogP contribution is 2.43. The van der Waals surface area contributed by atoms with Crippen molar-refractivity contribution in [1.29, 1.82) is 0 Å². The number of methoxy groups -OCH3 is 1. The third-order valence-corrected chi connectivity index (χ3v) is 6.81. The van der Waals surface area contributed by atoms with Crippen molar-refractivity contribution < 1.29 is 33.6 Å². The smallest absolute Gasteiger partial charge is 0.295 e. The summed E-state index contributed by atoms with van der Waals surface area (Å²) in [6, 6.07) is 18.9. The van der Waals surface area contributed by atoms with Crippen LogP contribution in [0.5, 0.6) is 23.0 Å². The molecule has 0 spiro atoms. The number of carbonyl (C=O) groups excluding carboxylic acids is 2. The monoisotopic (exact) mass is 529 g/mol. The van der Waals surface area contributed by atoms with Crippen LogP contribution in [0.25, 0.3) is 5.76 Å². The topological polar surface area (TPSA) is 94.5 Å². The van der Waals surface area contributed by atoms with Gasteiger partial charge in [0, 0.05) is 12.1 Å². The van der Waals surface area contributed by atoms with Gasteiger partial charge in [-0.05, 0) is 47.9 Å². The van der Waals surface area contributed by atoms with E-state index in [1.807, 2.05) is 30.3 Å². The van der Waals surface area contributed by atoms with E-state index in [-0.39, 0.29) is 17.9 Å². The third kappa shape index (κ3) is 5.27. The van der Waals surface area contributed by atoms with Gasteiger partial charge in [0.2, 0.25) is 0 Å². The number of amides is 1. The van der Waals surface area contributed by atoms with E-state index in [1.54, 1.807) is 43.5 Å². The summed E-state index contributed by atoms with van der Waals surface area (Å²) in [5, 5.41) is 11.5. The van der Waals surface area contributed by atoms with Crippen LogP contribution in [0, 0.1) is 0 Å². The lowest BCUT2D eigenvalue weighted by Crippen LogP contribution is -2.29. The van der Waals surface area contributed by atoms with E-state index < -0.39 is 17.7 Å². The molecule has 8 heteroatoms. The Morgan fingerprint density at radius 1 is 0.974 bits per heavy atom. The number of hydrogen-bond donors (Lipinski definition) is 1. The second-order valence-electron chi connectivity index (χ2n) is 9.38. The molecule has 1 fully saturated rings. The summed E-state index contributed by atoms with van der Waals surface area (Å²) in [4.78, 5) is 28.3. The molecule has 5 rings (SSSR count). The number of unbranched alkanes of at least 4 members (excludes halogenated alkanes) is 1. The molecule has 3 aromatic carbocycles. The van der Waals surface area contributed by atoms with E-state index in [4.69, 9.17) is 18.9 Å². The van der Waals surface area contributed by atoms with Crippen molar-refractivity contribution >= 4 is 17.4 Å². The van der Waals surface area contributed by atoms with Gasteiger partial charge in [-0.15, -0.1) is 0 Å². The second-order valence-corrected chi connectivity index (χ2v) is 9.38. The van der Waals surface area contributed by atoms with Gasteiger partial charge in [0.05, 0.1) is 25.3 Å². The lowest BCUT2D eigenvalue weighted by molar-refractivity contribution is -0.140. The minimum atomic E-state index is -0.850. The molecule has 0 aliphatic carbocycles. The number of aliphatic hydroxyl groups is 1. The summed E-state index contributed by atoms with van der Waals surface area (Å²) in [7, 11) is 1.54. The van der Waals surface area contributed by atoms with Gasteiger partial charge in [-0.3, -0.25) is 9.59 Å². The van der Waals surface area contributed by atoms with Crippen LogP contribution in [0.2, 0.25) is 0 Å². The van der Waals surface area contributed by atoms with Gasteiger partial charge >= 0.3 is 0 Å². The number of fused-ring (bicyclic) bond motifs is 1. The van der Waals surface area contributed by atoms with Gasteiger partial charge in [-0.2, -0.15) is 0 Å². The fourth-order valence-corrected chi connectivity index (χ4v) is 4.82. The van der Waals surface area contributed by atoms with Crippen LogP contribution in [-0.4, -0.2) is 48.6 Å². The number of nitrogens with zero attached hydrogens (tertiary/aromatic N) is 1. The van der Waals surface area contributed by atoms with Crippen LogP contribution in [0.3, 0.4) is 0 Å². The minimum Gasteiger partial charge on any atom is -0.507 e. The Labute approximate surface area is 227 Å². The number of ether oxygens (including phenoxy) is 4. The number of Topliss-reactive ketones (excluding diaryl/α,β-unsaturated/α-hetero) is 1. The summed E-state index contributed by atoms with van der Waals surface area (Å²) in [5.74, 6) is 0.344. The maximum atomic E-state index is 13.5. The molecule has 0 bridgehead atoms. The van der Waals surface area contributed by atoms with E-state index in [1.165, 1.54) is 4.90 Å². The molecule has 202 valence electrons. The fraction of sp³-hybridized carbons (Fsp3) is 0.290. The molecule has 2 aliphatic rings. The average Bonchev–Trinajstić information content (AvgIpc) is 3.22. The lowest BCUT2D eigenvalue weighted by atomic mass is 9.94. The highest BCUT2D eigenvalue weighted by molar-refractivity contribution is 6.46. The van der Waals surface area contributed by atoms with Gasteiger partial charge < -0.3 is 29.0 Å². The Hall–Kier alpha value is -4.46. The van der Waals surface area contributed by atoms with Crippen molar-refractivity contribution in [3.8, 4) is 23.0 Å². The van der Waals surface area contributed by atoms with Crippen molar-refractivity contribution in [2.45, 2.75) is 32.4 Å². The SMILES string of the molecule is CCCCOc1ccc([C@@H]2/C(=C(\O)c3ccc4c(c3)OCCO4)C(=O)C(=O)N2Cc2ccccc2)cc1OC. The van der Waals surface area contributed by atoms with Gasteiger partial charge in [0.15, 0.2) is 23.0 Å². The minimum absolute atomic E-state index is 0.00527. The van der Waals surface area contributed by atoms with Gasteiger partial charge in [-0.25, -0.2) is 0 Å². The highest BCUT2D eigenvalue weighted by atomic mass is 16.6. The molecule has 0 unspecified atom stereocenters. The molecule has 1 N–H and O–H groups in total. The normalized spacial score (nSPS) is 17.8. The lowest BCUT2D eigenvalue weighted by Gasteiger charge is -2.26. The molecule has 39 heavy (non-hydrogen) atoms. The predicted octanol–water partition coefficient (Wildman–Crippen LogP) is 5.27. The first-order valence-corrected chi connectivity index (χ1v) is 13.0. The Bertz CT molecular complexity index is 1400. The van der Waals surface area contributed by atoms with E-state index in [0.29, 0.717) is 53.9 Å². The molecular weight excluding hydrogens is 498 g/mol. The zero-order valence-corrected chi connectivity index (χ0v) is 22.0. The molecule has 2 heterocycles. The Kier molecular flexibility index (Phi) is 7.72. The molecule has 1 atom stereocenters. The maximum absolute atomic E-state index is 13.5. The first-order chi connectivity index (χ1) is 19.0. The quantitative estimate of drug-likeness (QED) is 0.175. The number of benzene rings is 3. The molecule has 2 aliphatic heterocycles. The Morgan fingerprint density at radius 2 is 1.74 bits per heavy atom. The van der Waals surface area contributed by atoms with E-state index >= 15 is 0 Å². The predicted molar refractivity (Wildman–Crippen MR) is 145 cm³/mol. The standard InChI is InChI=1S/C31H31NO7/c1-3-4-14-37-23-12-10-21(17-25(23)36-2)28-27(29(33)22-11-13-24-26(18-22)39-16-15-38-24)30(34)31(35)32(28)19-20-8-6-5-7-9-20/h5-13,17-18,28,33H,3-4,14-16,19H2,1-2H3/b29-27+/t28-/m1/s1. The van der Waals surface area contributed by atoms with Crippen LogP contribution in [0.1, 0.15) is 42.5 Å². The highest BCUT2D eigenvalue weighted by Gasteiger charge is 2.46. The van der Waals surface area contributed by atoms with Crippen molar-refractivity contribution in [1.82, 2.24) is 4.90 Å². The van der Waals surface area contributed by atoms with Crippen molar-refractivity contribution in [2.75, 3.05) is 26.9 Å². The first-order valence-electron chi connectivity index (χ1n) is 13.0. The van der Waals surface area contributed by atoms with E-state index in [2.05, 4.69) is 6.92 Å². The number of likely N-dealkylation sites (tertiary alicyclic amines) is 1. The number of ketones is 1. The van der Waals surface area contributed by atoms with Crippen LogP contribution in [0.4, 0.5) is 0 Å². The summed E-state index contributed by atoms with van der Waals surface area (Å²) in [5.41, 5.74) is 1.82. The molecular formula is C31H31NO7. The molecule has 1 saturated heterocycles. The van der Waals surface area contributed by atoms with E-state index in [0.717, 1.165) is 18.4 Å². The summed E-state index contributed by atoms with van der Waals surface area (Å²) < 4.78 is 22.7. The molecule has 0 saturated carbocycles. The Morgan fingerprint density at radius 3 is 2.49 bits per heavy atom. The molecule has 8 nitrogen and oxygen atoms in total. The van der Waals surface area contributed by atoms with E-state index in [9.17, 15) is 14.7 Å². The van der Waals surface area contributed by atoms with Crippen molar-refractivity contribution in [3.05, 3.63) is 89.0 Å². The maximum Gasteiger partial charge on any atom is 0.295 e. The molecule has 0 aromatic heterocycles. The van der Waals surface area contributed by atoms with Crippen LogP contribution in [0.15, 0.2) is 72.3 Å². The fourth-order valence-electron chi connectivity index (χ4n) is 4.82. The second kappa shape index (κ2) is 11.5. The summed E-state index contributed by atoms with van der Waals surface area (Å²) in [6.45, 7) is 3.63. The number of aliphatic hydroxyl groups excluding tert-OH is 1. The van der Waals surface area contributed by atoms with Crippen LogP contribution < -0.4 is 18.9 Å². The molecule has 0 radical (unpaired) electrons. The number of rotatable bonds is 9. The number of carbonyl (C=O) groups is 2. The third-order valence-electron chi connectivity index (χ3n) is 6.81. The van der Waals surface area contributed by atoms with Crippen molar-refractivity contribution in [3.63, 3.8) is 0 Å². The summed E-state index contributed by atoms with van der Waals surface area (Å²) >= 11 is 0. The largest absolute Gasteiger partial charge is 0.507 e. The van der Waals surface area contributed by atoms with Crippen LogP contribution >= 0.6 is 0 Å². The first kappa shape index (κ1) is 26.2. The zero-order valence-electron chi connectivity index (χ0n) is 22.0. The van der Waals surface area contributed by atoms with Crippen molar-refractivity contribution in [2.24, 2.45) is 0 Å².